The lowest BCUT2D eigenvalue weighted by Gasteiger charge is -2.17. The first-order valence-electron chi connectivity index (χ1n) is 8.51. The monoisotopic (exact) mass is 353 g/mol. The number of rotatable bonds is 5. The average molecular weight is 353 g/mol. The fourth-order valence-corrected chi connectivity index (χ4v) is 3.07. The Morgan fingerprint density at radius 2 is 2.08 bits per heavy atom. The molecule has 0 spiro atoms. The van der Waals surface area contributed by atoms with Crippen LogP contribution in [0.1, 0.15) is 36.7 Å². The summed E-state index contributed by atoms with van der Waals surface area (Å²) in [5.41, 5.74) is 1.26. The van der Waals surface area contributed by atoms with Crippen molar-refractivity contribution < 1.29 is 13.2 Å². The van der Waals surface area contributed by atoms with Crippen molar-refractivity contribution in [1.29, 1.82) is 0 Å². The summed E-state index contributed by atoms with van der Waals surface area (Å²) in [7, 11) is 0. The number of hydrogen-bond acceptors (Lipinski definition) is 4. The lowest BCUT2D eigenvalue weighted by Crippen LogP contribution is -2.23. The van der Waals surface area contributed by atoms with E-state index in [0.717, 1.165) is 68.7 Å². The normalized spacial score (nSPS) is 15.7. The molecule has 1 aliphatic heterocycles. The number of nitrogens with one attached hydrogen (secondary N) is 1. The fourth-order valence-electron chi connectivity index (χ4n) is 3.07. The predicted octanol–water partition coefficient (Wildman–Crippen LogP) is 3.52. The lowest BCUT2D eigenvalue weighted by atomic mass is 10.2. The molecule has 0 radical (unpaired) electrons. The van der Waals surface area contributed by atoms with E-state index in [-0.39, 0.29) is 5.82 Å². The second kappa shape index (κ2) is 7.43. The third-order valence-corrected chi connectivity index (χ3v) is 4.22. The van der Waals surface area contributed by atoms with Crippen molar-refractivity contribution in [2.45, 2.75) is 45.6 Å². The van der Waals surface area contributed by atoms with Gasteiger partial charge in [0.25, 0.3) is 0 Å². The minimum atomic E-state index is -4.37. The molecule has 2 aromatic heterocycles. The van der Waals surface area contributed by atoms with E-state index >= 15 is 0 Å². The van der Waals surface area contributed by atoms with Crippen LogP contribution in [0.25, 0.3) is 0 Å². The Morgan fingerprint density at radius 3 is 2.84 bits per heavy atom. The van der Waals surface area contributed by atoms with Crippen LogP contribution in [0.4, 0.5) is 19.0 Å². The number of pyridine rings is 1. The Morgan fingerprint density at radius 1 is 1.24 bits per heavy atom. The van der Waals surface area contributed by atoms with Gasteiger partial charge in [0, 0.05) is 25.8 Å². The molecule has 0 fully saturated rings. The van der Waals surface area contributed by atoms with Gasteiger partial charge in [0.05, 0.1) is 23.5 Å². The number of hydrogen-bond donors (Lipinski definition) is 1. The summed E-state index contributed by atoms with van der Waals surface area (Å²) in [6, 6.07) is 4.00. The molecule has 3 heterocycles. The Bertz CT molecular complexity index is 711. The second-order valence-electron chi connectivity index (χ2n) is 6.26. The van der Waals surface area contributed by atoms with E-state index in [2.05, 4.69) is 27.2 Å². The first-order valence-corrected chi connectivity index (χ1v) is 8.51. The Balaban J connectivity index is 1.66. The maximum atomic E-state index is 12.7. The van der Waals surface area contributed by atoms with Crippen molar-refractivity contribution in [1.82, 2.24) is 19.7 Å². The third-order valence-electron chi connectivity index (χ3n) is 4.22. The van der Waals surface area contributed by atoms with Crippen LogP contribution in [-0.4, -0.2) is 32.8 Å². The van der Waals surface area contributed by atoms with E-state index in [9.17, 15) is 13.2 Å². The first kappa shape index (κ1) is 17.7. The first-order chi connectivity index (χ1) is 12.0. The molecule has 0 aliphatic carbocycles. The Labute approximate surface area is 144 Å². The molecule has 0 saturated carbocycles. The van der Waals surface area contributed by atoms with Crippen molar-refractivity contribution in [3.05, 3.63) is 41.3 Å². The lowest BCUT2D eigenvalue weighted by molar-refractivity contribution is -0.137. The number of aryl methyl sites for hydroxylation is 1. The number of aromatic nitrogens is 3. The molecule has 2 aromatic rings. The van der Waals surface area contributed by atoms with Crippen LogP contribution in [0.5, 0.6) is 0 Å². The van der Waals surface area contributed by atoms with E-state index in [1.54, 1.807) is 0 Å². The van der Waals surface area contributed by atoms with Gasteiger partial charge in [-0.15, -0.1) is 0 Å². The Kier molecular flexibility index (Phi) is 5.27. The smallest absolute Gasteiger partial charge is 0.364 e. The third kappa shape index (κ3) is 4.50. The molecule has 8 heteroatoms. The highest BCUT2D eigenvalue weighted by molar-refractivity contribution is 5.39. The molecule has 0 aromatic carbocycles. The van der Waals surface area contributed by atoms with Crippen LogP contribution in [0.15, 0.2) is 24.4 Å². The van der Waals surface area contributed by atoms with Gasteiger partial charge in [0.15, 0.2) is 0 Å². The van der Waals surface area contributed by atoms with E-state index in [0.29, 0.717) is 6.54 Å². The summed E-state index contributed by atoms with van der Waals surface area (Å²) in [5, 5.41) is 7.50. The van der Waals surface area contributed by atoms with Gasteiger partial charge in [0.1, 0.15) is 5.82 Å². The van der Waals surface area contributed by atoms with Gasteiger partial charge >= 0.3 is 6.18 Å². The molecule has 25 heavy (non-hydrogen) atoms. The maximum Gasteiger partial charge on any atom is 0.416 e. The topological polar surface area (TPSA) is 46.0 Å². The molecule has 0 bridgehead atoms. The van der Waals surface area contributed by atoms with E-state index in [1.165, 1.54) is 0 Å². The molecule has 1 aliphatic rings. The van der Waals surface area contributed by atoms with Crippen LogP contribution >= 0.6 is 0 Å². The largest absolute Gasteiger partial charge is 0.416 e. The number of alkyl halides is 3. The van der Waals surface area contributed by atoms with Crippen LogP contribution in [-0.2, 0) is 25.8 Å². The van der Waals surface area contributed by atoms with Crippen LogP contribution in [0.3, 0.4) is 0 Å². The van der Waals surface area contributed by atoms with Gasteiger partial charge < -0.3 is 5.32 Å². The maximum absolute atomic E-state index is 12.7. The Hall–Kier alpha value is -2.09. The van der Waals surface area contributed by atoms with Gasteiger partial charge in [-0.2, -0.15) is 18.3 Å². The van der Waals surface area contributed by atoms with Gasteiger partial charge in [-0.05, 0) is 37.6 Å². The molecular formula is C17H22F3N5. The van der Waals surface area contributed by atoms with Crippen molar-refractivity contribution in [3.8, 4) is 0 Å². The average Bonchev–Trinajstić information content (AvgIpc) is 2.85. The number of fused-ring (bicyclic) bond motifs is 1. The molecule has 0 amide bonds. The second-order valence-corrected chi connectivity index (χ2v) is 6.26. The zero-order valence-corrected chi connectivity index (χ0v) is 14.2. The van der Waals surface area contributed by atoms with Crippen LogP contribution < -0.4 is 5.32 Å². The molecule has 0 atom stereocenters. The molecular weight excluding hydrogens is 331 g/mol. The highest BCUT2D eigenvalue weighted by Gasteiger charge is 2.30. The highest BCUT2D eigenvalue weighted by atomic mass is 19.4. The molecule has 136 valence electrons. The summed E-state index contributed by atoms with van der Waals surface area (Å²) < 4.78 is 40.3. The fraction of sp³-hybridized carbons (Fsp3) is 0.529. The summed E-state index contributed by atoms with van der Waals surface area (Å²) in [5.74, 6) is 0.200. The minimum Gasteiger partial charge on any atom is -0.364 e. The molecule has 5 nitrogen and oxygen atoms in total. The number of nitrogens with zero attached hydrogens (tertiary/aromatic N) is 4. The zero-order valence-electron chi connectivity index (χ0n) is 14.2. The summed E-state index contributed by atoms with van der Waals surface area (Å²) in [6.45, 7) is 6.38. The standard InChI is InChI=1S/C17H22F3N5/c1-2-6-24-7-3-8-25-15(12-24)10-14(23-25)11-22-16-9-13(4-5-21-16)17(18,19)20/h4-5,9-10H,2-3,6-8,11-12H2,1H3,(H,21,22). The van der Waals surface area contributed by atoms with Crippen molar-refractivity contribution in [2.75, 3.05) is 18.4 Å². The number of anilines is 1. The van der Waals surface area contributed by atoms with Gasteiger partial charge in [-0.25, -0.2) is 4.98 Å². The molecule has 3 rings (SSSR count). The number of halogens is 3. The van der Waals surface area contributed by atoms with Crippen molar-refractivity contribution in [2.24, 2.45) is 0 Å². The van der Waals surface area contributed by atoms with E-state index in [1.807, 2.05) is 10.7 Å². The predicted molar refractivity (Wildman–Crippen MR) is 89.0 cm³/mol. The minimum absolute atomic E-state index is 0.200. The quantitative estimate of drug-likeness (QED) is 0.893. The van der Waals surface area contributed by atoms with E-state index in [4.69, 9.17) is 0 Å². The molecule has 1 N–H and O–H groups in total. The van der Waals surface area contributed by atoms with Crippen molar-refractivity contribution in [3.63, 3.8) is 0 Å². The van der Waals surface area contributed by atoms with Crippen LogP contribution in [0.2, 0.25) is 0 Å². The summed E-state index contributed by atoms with van der Waals surface area (Å²) in [6.07, 6.45) is -1.04. The highest BCUT2D eigenvalue weighted by Crippen LogP contribution is 2.30. The van der Waals surface area contributed by atoms with Gasteiger partial charge in [0.2, 0.25) is 0 Å². The van der Waals surface area contributed by atoms with Gasteiger partial charge in [-0.1, -0.05) is 6.92 Å². The SMILES string of the molecule is CCCN1CCCn2nc(CNc3cc(C(F)(F)F)ccn3)cc2C1. The van der Waals surface area contributed by atoms with Gasteiger partial charge in [-0.3, -0.25) is 9.58 Å². The molecule has 0 saturated heterocycles. The zero-order chi connectivity index (χ0) is 17.9. The molecule has 0 unspecified atom stereocenters. The van der Waals surface area contributed by atoms with Crippen LogP contribution in [0, 0.1) is 0 Å². The summed E-state index contributed by atoms with van der Waals surface area (Å²) >= 11 is 0. The van der Waals surface area contributed by atoms with E-state index < -0.39 is 11.7 Å². The summed E-state index contributed by atoms with van der Waals surface area (Å²) in [4.78, 5) is 6.36. The van der Waals surface area contributed by atoms with Crippen molar-refractivity contribution >= 4 is 5.82 Å².